The second-order valence-electron chi connectivity index (χ2n) is 3.52. The molecule has 0 amide bonds. The minimum atomic E-state index is -0.397. The highest BCUT2D eigenvalue weighted by Crippen LogP contribution is 2.29. The van der Waals surface area contributed by atoms with E-state index in [1.54, 1.807) is 0 Å². The van der Waals surface area contributed by atoms with Crippen LogP contribution in [-0.4, -0.2) is 10.1 Å². The molecule has 0 atom stereocenters. The largest absolute Gasteiger partial charge is 0.333 e. The van der Waals surface area contributed by atoms with Crippen LogP contribution in [0.3, 0.4) is 0 Å². The van der Waals surface area contributed by atoms with E-state index >= 15 is 0 Å². The molecule has 1 aromatic carbocycles. The predicted octanol–water partition coefficient (Wildman–Crippen LogP) is 4.26. The molecule has 0 radical (unpaired) electrons. The lowest BCUT2D eigenvalue weighted by atomic mass is 10.2. The first-order chi connectivity index (χ1) is 8.74. The fourth-order valence-corrected chi connectivity index (χ4v) is 2.40. The molecule has 0 saturated carbocycles. The molecule has 0 saturated heterocycles. The van der Waals surface area contributed by atoms with Gasteiger partial charge in [0.15, 0.2) is 0 Å². The fourth-order valence-electron chi connectivity index (χ4n) is 1.50. The summed E-state index contributed by atoms with van der Waals surface area (Å²) in [5.41, 5.74) is 0.546. The Bertz CT molecular complexity index is 681. The summed E-state index contributed by atoms with van der Waals surface area (Å²) < 4.78 is 18.1. The summed E-state index contributed by atoms with van der Waals surface area (Å²) in [6.45, 7) is 0. The molecule has 3 nitrogen and oxygen atoms in total. The fraction of sp³-hybridized carbons (Fsp3) is 0. The van der Waals surface area contributed by atoms with Crippen LogP contribution in [-0.2, 0) is 0 Å². The molecule has 0 spiro atoms. The van der Waals surface area contributed by atoms with Crippen molar-refractivity contribution in [3.05, 3.63) is 46.6 Å². The molecule has 3 rings (SSSR count). The first kappa shape index (κ1) is 11.4. The number of benzene rings is 1. The quantitative estimate of drug-likeness (QED) is 0.704. The molecule has 0 unspecified atom stereocenters. The Hall–Kier alpha value is -1.72. The van der Waals surface area contributed by atoms with E-state index in [0.29, 0.717) is 17.3 Å². The molecule has 18 heavy (non-hydrogen) atoms. The van der Waals surface area contributed by atoms with Gasteiger partial charge in [0.2, 0.25) is 5.82 Å². The lowest BCUT2D eigenvalue weighted by Gasteiger charge is -1.97. The molecule has 0 fully saturated rings. The van der Waals surface area contributed by atoms with Gasteiger partial charge in [-0.05, 0) is 29.6 Å². The Morgan fingerprint density at radius 3 is 2.89 bits per heavy atom. The van der Waals surface area contributed by atoms with Crippen LogP contribution in [0.2, 0.25) is 5.02 Å². The number of aromatic nitrogens is 2. The van der Waals surface area contributed by atoms with Crippen molar-refractivity contribution in [1.82, 2.24) is 10.1 Å². The third-order valence-corrected chi connectivity index (χ3v) is 3.50. The van der Waals surface area contributed by atoms with E-state index in [4.69, 9.17) is 16.1 Å². The maximum Gasteiger partial charge on any atom is 0.268 e. The Balaban J connectivity index is 2.03. The van der Waals surface area contributed by atoms with Gasteiger partial charge >= 0.3 is 0 Å². The summed E-state index contributed by atoms with van der Waals surface area (Å²) in [5.74, 6) is 0.384. The van der Waals surface area contributed by atoms with Crippen LogP contribution in [0.25, 0.3) is 22.2 Å². The topological polar surface area (TPSA) is 38.9 Å². The Labute approximate surface area is 111 Å². The van der Waals surface area contributed by atoms with Gasteiger partial charge in [-0.2, -0.15) is 4.98 Å². The van der Waals surface area contributed by atoms with Gasteiger partial charge in [0.05, 0.1) is 9.90 Å². The van der Waals surface area contributed by atoms with Crippen molar-refractivity contribution in [3.8, 4) is 22.2 Å². The van der Waals surface area contributed by atoms with Crippen LogP contribution in [0.15, 0.2) is 40.2 Å². The third kappa shape index (κ3) is 2.02. The second kappa shape index (κ2) is 4.51. The molecule has 90 valence electrons. The summed E-state index contributed by atoms with van der Waals surface area (Å²) in [6, 6.07) is 7.84. The number of nitrogens with zero attached hydrogens (tertiary/aromatic N) is 2. The summed E-state index contributed by atoms with van der Waals surface area (Å²) in [5, 5.41) is 6.03. The number of thiophene rings is 1. The van der Waals surface area contributed by atoms with Crippen molar-refractivity contribution in [1.29, 1.82) is 0 Å². The van der Waals surface area contributed by atoms with Crippen LogP contribution in [0.4, 0.5) is 4.39 Å². The molecule has 0 N–H and O–H groups in total. The third-order valence-electron chi connectivity index (χ3n) is 2.33. The van der Waals surface area contributed by atoms with Crippen molar-refractivity contribution >= 4 is 22.9 Å². The molecular formula is C12H6ClFN2OS. The van der Waals surface area contributed by atoms with Gasteiger partial charge in [-0.15, -0.1) is 11.3 Å². The van der Waals surface area contributed by atoms with E-state index in [1.807, 2.05) is 17.5 Å². The molecular weight excluding hydrogens is 275 g/mol. The van der Waals surface area contributed by atoms with Crippen molar-refractivity contribution < 1.29 is 8.91 Å². The average molecular weight is 281 g/mol. The van der Waals surface area contributed by atoms with Gasteiger partial charge in [-0.3, -0.25) is 0 Å². The molecule has 6 heteroatoms. The normalized spacial score (nSPS) is 10.8. The van der Waals surface area contributed by atoms with Crippen LogP contribution < -0.4 is 0 Å². The Kier molecular flexibility index (Phi) is 2.85. The van der Waals surface area contributed by atoms with Crippen LogP contribution in [0.1, 0.15) is 0 Å². The maximum absolute atomic E-state index is 12.9. The van der Waals surface area contributed by atoms with Crippen LogP contribution >= 0.6 is 22.9 Å². The SMILES string of the molecule is Fc1ccc(-c2noc(-c3cccs3)n2)c(Cl)c1. The Morgan fingerprint density at radius 1 is 1.28 bits per heavy atom. The first-order valence-corrected chi connectivity index (χ1v) is 6.33. The minimum absolute atomic E-state index is 0.258. The summed E-state index contributed by atoms with van der Waals surface area (Å²) in [4.78, 5) is 5.12. The average Bonchev–Trinajstić information content (AvgIpc) is 2.99. The van der Waals surface area contributed by atoms with Crippen molar-refractivity contribution in [2.24, 2.45) is 0 Å². The first-order valence-electron chi connectivity index (χ1n) is 5.07. The van der Waals surface area contributed by atoms with Gasteiger partial charge in [0.25, 0.3) is 5.89 Å². The molecule has 0 aliphatic heterocycles. The Morgan fingerprint density at radius 2 is 2.17 bits per heavy atom. The number of rotatable bonds is 2. The predicted molar refractivity (Wildman–Crippen MR) is 68.0 cm³/mol. The monoisotopic (exact) mass is 280 g/mol. The van der Waals surface area contributed by atoms with Gasteiger partial charge in [-0.1, -0.05) is 22.8 Å². The summed E-state index contributed by atoms with van der Waals surface area (Å²) in [7, 11) is 0. The van der Waals surface area contributed by atoms with Gasteiger partial charge in [-0.25, -0.2) is 4.39 Å². The summed E-state index contributed by atoms with van der Waals surface area (Å²) >= 11 is 7.44. The van der Waals surface area contributed by atoms with E-state index in [9.17, 15) is 4.39 Å². The van der Waals surface area contributed by atoms with Gasteiger partial charge < -0.3 is 4.52 Å². The standard InChI is InChI=1S/C12H6ClFN2OS/c13-9-6-7(14)3-4-8(9)11-15-12(17-16-11)10-2-1-5-18-10/h1-6H. The van der Waals surface area contributed by atoms with E-state index in [-0.39, 0.29) is 5.02 Å². The zero-order chi connectivity index (χ0) is 12.5. The van der Waals surface area contributed by atoms with E-state index < -0.39 is 5.82 Å². The highest BCUT2D eigenvalue weighted by Gasteiger charge is 2.14. The highest BCUT2D eigenvalue weighted by atomic mass is 35.5. The molecule has 0 bridgehead atoms. The summed E-state index contributed by atoms with van der Waals surface area (Å²) in [6.07, 6.45) is 0. The van der Waals surface area contributed by atoms with Crippen LogP contribution in [0, 0.1) is 5.82 Å². The number of hydrogen-bond acceptors (Lipinski definition) is 4. The second-order valence-corrected chi connectivity index (χ2v) is 4.88. The zero-order valence-electron chi connectivity index (χ0n) is 8.93. The van der Waals surface area contributed by atoms with Gasteiger partial charge in [0, 0.05) is 5.56 Å². The smallest absolute Gasteiger partial charge is 0.268 e. The zero-order valence-corrected chi connectivity index (χ0v) is 10.5. The van der Waals surface area contributed by atoms with Crippen molar-refractivity contribution in [2.45, 2.75) is 0 Å². The van der Waals surface area contributed by atoms with Crippen molar-refractivity contribution in [3.63, 3.8) is 0 Å². The minimum Gasteiger partial charge on any atom is -0.333 e. The van der Waals surface area contributed by atoms with Crippen LogP contribution in [0.5, 0.6) is 0 Å². The van der Waals surface area contributed by atoms with E-state index in [0.717, 1.165) is 4.88 Å². The molecule has 0 aliphatic carbocycles. The number of halogens is 2. The number of hydrogen-bond donors (Lipinski definition) is 0. The van der Waals surface area contributed by atoms with Gasteiger partial charge in [0.1, 0.15) is 5.82 Å². The molecule has 2 aromatic heterocycles. The maximum atomic E-state index is 12.9. The lowest BCUT2D eigenvalue weighted by Crippen LogP contribution is -1.84. The van der Waals surface area contributed by atoms with Crippen molar-refractivity contribution in [2.75, 3.05) is 0 Å². The van der Waals surface area contributed by atoms with E-state index in [1.165, 1.54) is 29.5 Å². The lowest BCUT2D eigenvalue weighted by molar-refractivity contribution is 0.433. The molecule has 0 aliphatic rings. The highest BCUT2D eigenvalue weighted by molar-refractivity contribution is 7.13. The molecule has 2 heterocycles. The molecule has 3 aromatic rings. The van der Waals surface area contributed by atoms with E-state index in [2.05, 4.69) is 10.1 Å².